The summed E-state index contributed by atoms with van der Waals surface area (Å²) in [7, 11) is -0.677. The first kappa shape index (κ1) is 22.1. The summed E-state index contributed by atoms with van der Waals surface area (Å²) in [5.74, 6) is -0.376. The molecule has 3 rings (SSSR count). The summed E-state index contributed by atoms with van der Waals surface area (Å²) in [4.78, 5) is 4.69. The predicted molar refractivity (Wildman–Crippen MR) is 115 cm³/mol. The molecule has 0 radical (unpaired) electrons. The van der Waals surface area contributed by atoms with Crippen LogP contribution in [0.4, 0.5) is 4.39 Å². The van der Waals surface area contributed by atoms with Crippen LogP contribution >= 0.6 is 0 Å². The van der Waals surface area contributed by atoms with Gasteiger partial charge in [-0.2, -0.15) is 0 Å². The lowest BCUT2D eigenvalue weighted by Crippen LogP contribution is -2.22. The number of benzene rings is 1. The summed E-state index contributed by atoms with van der Waals surface area (Å²) in [5.41, 5.74) is 9.21. The molecule has 30 heavy (non-hydrogen) atoms. The van der Waals surface area contributed by atoms with Gasteiger partial charge >= 0.3 is 0 Å². The molecule has 2 heterocycles. The van der Waals surface area contributed by atoms with E-state index in [1.165, 1.54) is 26.2 Å². The molecule has 3 N–H and O–H groups in total. The Balaban J connectivity index is 2.28. The van der Waals surface area contributed by atoms with Gasteiger partial charge in [0.15, 0.2) is 0 Å². The maximum Gasteiger partial charge on any atom is 0.242 e. The lowest BCUT2D eigenvalue weighted by atomic mass is 10.1. The van der Waals surface area contributed by atoms with E-state index in [1.54, 1.807) is 34.9 Å². The molecule has 0 saturated heterocycles. The van der Waals surface area contributed by atoms with E-state index >= 15 is 0 Å². The predicted octanol–water partition coefficient (Wildman–Crippen LogP) is 2.57. The summed E-state index contributed by atoms with van der Waals surface area (Å²) in [5, 5.41) is 9.52. The summed E-state index contributed by atoms with van der Waals surface area (Å²) >= 11 is 0. The molecular formula is C21H25FN4O3S. The normalized spacial score (nSPS) is 12.8. The Hall–Kier alpha value is -2.59. The van der Waals surface area contributed by atoms with Crippen molar-refractivity contribution >= 4 is 21.1 Å². The number of aliphatic hydroxyl groups excluding tert-OH is 1. The average Bonchev–Trinajstić information content (AvgIpc) is 2.98. The number of fused-ring (bicyclic) bond motifs is 1. The summed E-state index contributed by atoms with van der Waals surface area (Å²) in [6.07, 6.45) is 1.31. The third-order valence-electron chi connectivity index (χ3n) is 4.94. The number of pyridine rings is 1. The lowest BCUT2D eigenvalue weighted by molar-refractivity contribution is 0.277. The Bertz CT molecular complexity index is 1220. The van der Waals surface area contributed by atoms with E-state index in [2.05, 4.69) is 4.98 Å². The molecule has 1 aromatic carbocycles. The van der Waals surface area contributed by atoms with E-state index in [-0.39, 0.29) is 30.4 Å². The highest BCUT2D eigenvalue weighted by atomic mass is 32.2. The first-order valence-corrected chi connectivity index (χ1v) is 10.8. The molecule has 2 aromatic heterocycles. The van der Waals surface area contributed by atoms with E-state index < -0.39 is 10.0 Å². The van der Waals surface area contributed by atoms with Crippen molar-refractivity contribution in [2.24, 2.45) is 5.73 Å². The van der Waals surface area contributed by atoms with Crippen LogP contribution in [0.1, 0.15) is 11.4 Å². The maximum atomic E-state index is 14.3. The summed E-state index contributed by atoms with van der Waals surface area (Å²) in [6, 6.07) is 10.0. The van der Waals surface area contributed by atoms with Crippen molar-refractivity contribution in [1.29, 1.82) is 0 Å². The summed E-state index contributed by atoms with van der Waals surface area (Å²) < 4.78 is 42.4. The highest BCUT2D eigenvalue weighted by Crippen LogP contribution is 2.35. The number of aliphatic hydroxyl groups is 1. The molecule has 0 aliphatic rings. The SMILES string of the molecule is Cc1c(-c2cccc(S(=O)(=O)N(C)C)c2)c2nc(CO)ccc2n1C/C(F)=C/CN. The van der Waals surface area contributed by atoms with Crippen LogP contribution in [0.2, 0.25) is 0 Å². The number of halogens is 1. The molecule has 0 aliphatic heterocycles. The second-order valence-electron chi connectivity index (χ2n) is 7.08. The Morgan fingerprint density at radius 3 is 2.67 bits per heavy atom. The molecule has 3 aromatic rings. The van der Waals surface area contributed by atoms with Crippen molar-refractivity contribution in [3.63, 3.8) is 0 Å². The van der Waals surface area contributed by atoms with Crippen molar-refractivity contribution in [2.45, 2.75) is 25.0 Å². The summed E-state index contributed by atoms with van der Waals surface area (Å²) in [6.45, 7) is 1.66. The first-order chi connectivity index (χ1) is 14.2. The smallest absolute Gasteiger partial charge is 0.242 e. The quantitative estimate of drug-likeness (QED) is 0.598. The van der Waals surface area contributed by atoms with Crippen molar-refractivity contribution < 1.29 is 17.9 Å². The van der Waals surface area contributed by atoms with Crippen LogP contribution in [-0.4, -0.2) is 48.0 Å². The van der Waals surface area contributed by atoms with Gasteiger partial charge < -0.3 is 15.4 Å². The van der Waals surface area contributed by atoms with Gasteiger partial charge in [-0.25, -0.2) is 22.1 Å². The van der Waals surface area contributed by atoms with Crippen molar-refractivity contribution in [1.82, 2.24) is 13.9 Å². The molecule has 0 saturated carbocycles. The number of nitrogens with two attached hydrogens (primary N) is 1. The molecule has 0 amide bonds. The minimum atomic E-state index is -3.62. The second-order valence-corrected chi connectivity index (χ2v) is 9.23. The molecule has 0 bridgehead atoms. The fourth-order valence-corrected chi connectivity index (χ4v) is 4.33. The number of nitrogens with zero attached hydrogens (tertiary/aromatic N) is 3. The molecule has 0 unspecified atom stereocenters. The zero-order valence-corrected chi connectivity index (χ0v) is 17.9. The molecule has 0 fully saturated rings. The molecule has 0 atom stereocenters. The van der Waals surface area contributed by atoms with Crippen LogP contribution in [0.3, 0.4) is 0 Å². The van der Waals surface area contributed by atoms with Crippen molar-refractivity contribution in [3.8, 4) is 11.1 Å². The van der Waals surface area contributed by atoms with Crippen LogP contribution in [-0.2, 0) is 23.2 Å². The highest BCUT2D eigenvalue weighted by Gasteiger charge is 2.22. The van der Waals surface area contributed by atoms with Crippen LogP contribution in [0.25, 0.3) is 22.2 Å². The third-order valence-corrected chi connectivity index (χ3v) is 6.75. The number of hydrogen-bond acceptors (Lipinski definition) is 5. The fraction of sp³-hybridized carbons (Fsp3) is 0.286. The van der Waals surface area contributed by atoms with Gasteiger partial charge in [0, 0.05) is 31.9 Å². The topological polar surface area (TPSA) is 101 Å². The monoisotopic (exact) mass is 432 g/mol. The standard InChI is InChI=1S/C21H25FN4O3S/c1-14-20(15-5-4-6-18(11-15)30(28,29)25(2)3)21-19(8-7-17(13-27)24-21)26(14)12-16(22)9-10-23/h4-9,11,27H,10,12-13,23H2,1-3H3/b16-9-. The molecule has 9 heteroatoms. The third kappa shape index (κ3) is 4.01. The fourth-order valence-electron chi connectivity index (χ4n) is 3.38. The molecule has 7 nitrogen and oxygen atoms in total. The Kier molecular flexibility index (Phi) is 6.37. The largest absolute Gasteiger partial charge is 0.390 e. The van der Waals surface area contributed by atoms with E-state index in [0.717, 1.165) is 10.00 Å². The Morgan fingerprint density at radius 1 is 1.30 bits per heavy atom. The molecule has 0 aliphatic carbocycles. The van der Waals surface area contributed by atoms with Crippen molar-refractivity contribution in [3.05, 3.63) is 59.7 Å². The van der Waals surface area contributed by atoms with E-state index in [0.29, 0.717) is 27.9 Å². The van der Waals surface area contributed by atoms with Gasteiger partial charge in [-0.15, -0.1) is 0 Å². The minimum Gasteiger partial charge on any atom is -0.390 e. The van der Waals surface area contributed by atoms with E-state index in [1.807, 2.05) is 6.92 Å². The zero-order valence-electron chi connectivity index (χ0n) is 17.1. The van der Waals surface area contributed by atoms with Crippen LogP contribution in [0, 0.1) is 6.92 Å². The van der Waals surface area contributed by atoms with Gasteiger partial charge in [0.05, 0.1) is 34.8 Å². The van der Waals surface area contributed by atoms with Crippen LogP contribution < -0.4 is 5.73 Å². The van der Waals surface area contributed by atoms with Crippen LogP contribution in [0.5, 0.6) is 0 Å². The van der Waals surface area contributed by atoms with Gasteiger partial charge in [0.2, 0.25) is 10.0 Å². The number of aromatic nitrogens is 2. The van der Waals surface area contributed by atoms with E-state index in [4.69, 9.17) is 5.73 Å². The second kappa shape index (κ2) is 8.65. The number of allylic oxidation sites excluding steroid dienone is 1. The van der Waals surface area contributed by atoms with Gasteiger partial charge in [0.1, 0.15) is 5.83 Å². The molecular weight excluding hydrogens is 407 g/mol. The average molecular weight is 433 g/mol. The first-order valence-electron chi connectivity index (χ1n) is 9.37. The molecule has 160 valence electrons. The Morgan fingerprint density at radius 2 is 2.03 bits per heavy atom. The van der Waals surface area contributed by atoms with Gasteiger partial charge in [-0.3, -0.25) is 0 Å². The van der Waals surface area contributed by atoms with Gasteiger partial charge in [-0.05, 0) is 42.8 Å². The zero-order chi connectivity index (χ0) is 22.1. The maximum absolute atomic E-state index is 14.3. The van der Waals surface area contributed by atoms with E-state index in [9.17, 15) is 17.9 Å². The van der Waals surface area contributed by atoms with Gasteiger partial charge in [-0.1, -0.05) is 12.1 Å². The number of hydrogen-bond donors (Lipinski definition) is 2. The Labute approximate surface area is 175 Å². The van der Waals surface area contributed by atoms with Crippen molar-refractivity contribution in [2.75, 3.05) is 20.6 Å². The lowest BCUT2D eigenvalue weighted by Gasteiger charge is -2.12. The van der Waals surface area contributed by atoms with Crippen LogP contribution in [0.15, 0.2) is 53.2 Å². The van der Waals surface area contributed by atoms with Gasteiger partial charge in [0.25, 0.3) is 0 Å². The minimum absolute atomic E-state index is 0.0185. The number of rotatable bonds is 7. The number of sulfonamides is 1. The highest BCUT2D eigenvalue weighted by molar-refractivity contribution is 7.89. The molecule has 0 spiro atoms.